The van der Waals surface area contributed by atoms with E-state index >= 15 is 0 Å². The molecule has 0 aliphatic carbocycles. The van der Waals surface area contributed by atoms with Gasteiger partial charge in [-0.1, -0.05) is 24.3 Å². The number of hydrogen-bond acceptors (Lipinski definition) is 2. The van der Waals surface area contributed by atoms with Gasteiger partial charge in [-0.25, -0.2) is 0 Å². The van der Waals surface area contributed by atoms with Gasteiger partial charge in [-0.2, -0.15) is 0 Å². The molecule has 0 saturated heterocycles. The number of para-hydroxylation sites is 1. The highest BCUT2D eigenvalue weighted by molar-refractivity contribution is 9.10. The number of anilines is 1. The van der Waals surface area contributed by atoms with Crippen molar-refractivity contribution in [1.82, 2.24) is 10.3 Å². The molecule has 3 N–H and O–H groups in total. The molecular formula is C18H16BrN3O2. The molecule has 5 nitrogen and oxygen atoms in total. The Morgan fingerprint density at radius 1 is 1.04 bits per heavy atom. The van der Waals surface area contributed by atoms with Gasteiger partial charge in [0.05, 0.1) is 4.47 Å². The summed E-state index contributed by atoms with van der Waals surface area (Å²) in [5, 5.41) is 6.41. The van der Waals surface area contributed by atoms with Gasteiger partial charge in [0.1, 0.15) is 5.69 Å². The zero-order valence-corrected chi connectivity index (χ0v) is 14.8. The Morgan fingerprint density at radius 2 is 1.79 bits per heavy atom. The molecule has 0 aliphatic heterocycles. The van der Waals surface area contributed by atoms with Crippen molar-refractivity contribution < 1.29 is 9.59 Å². The van der Waals surface area contributed by atoms with E-state index in [1.54, 1.807) is 32.2 Å². The molecule has 0 radical (unpaired) electrons. The zero-order chi connectivity index (χ0) is 17.3. The van der Waals surface area contributed by atoms with Crippen molar-refractivity contribution in [3.8, 4) is 0 Å². The number of nitrogens with one attached hydrogen (secondary N) is 3. The predicted octanol–water partition coefficient (Wildman–Crippen LogP) is 3.85. The molecule has 0 atom stereocenters. The van der Waals surface area contributed by atoms with E-state index in [9.17, 15) is 9.59 Å². The lowest BCUT2D eigenvalue weighted by Gasteiger charge is -2.11. The van der Waals surface area contributed by atoms with E-state index < -0.39 is 0 Å². The fraction of sp³-hybridized carbons (Fsp3) is 0.111. The highest BCUT2D eigenvalue weighted by atomic mass is 79.9. The first-order valence-corrected chi connectivity index (χ1v) is 8.21. The van der Waals surface area contributed by atoms with Gasteiger partial charge in [0.2, 0.25) is 0 Å². The minimum absolute atomic E-state index is 0.185. The summed E-state index contributed by atoms with van der Waals surface area (Å²) in [6, 6.07) is 12.9. The molecule has 3 aromatic rings. The number of rotatable bonds is 3. The molecule has 2 aromatic carbocycles. The summed E-state index contributed by atoms with van der Waals surface area (Å²) in [7, 11) is 1.58. The van der Waals surface area contributed by atoms with E-state index in [0.29, 0.717) is 16.9 Å². The Bertz CT molecular complexity index is 947. The van der Waals surface area contributed by atoms with Crippen LogP contribution < -0.4 is 10.6 Å². The van der Waals surface area contributed by atoms with Crippen molar-refractivity contribution >= 4 is 44.3 Å². The fourth-order valence-electron chi connectivity index (χ4n) is 2.60. The second-order valence-corrected chi connectivity index (χ2v) is 6.16. The van der Waals surface area contributed by atoms with Crippen LogP contribution in [0.4, 0.5) is 5.69 Å². The molecule has 1 heterocycles. The zero-order valence-electron chi connectivity index (χ0n) is 13.2. The normalized spacial score (nSPS) is 10.6. The molecule has 0 saturated carbocycles. The van der Waals surface area contributed by atoms with Gasteiger partial charge < -0.3 is 15.6 Å². The Balaban J connectivity index is 1.95. The maximum absolute atomic E-state index is 12.6. The highest BCUT2D eigenvalue weighted by Crippen LogP contribution is 2.28. The number of carbonyl (C=O) groups is 2. The summed E-state index contributed by atoms with van der Waals surface area (Å²) < 4.78 is 0.718. The van der Waals surface area contributed by atoms with Crippen LogP contribution >= 0.6 is 15.9 Å². The predicted molar refractivity (Wildman–Crippen MR) is 98.5 cm³/mol. The van der Waals surface area contributed by atoms with Crippen LogP contribution in [0.15, 0.2) is 46.9 Å². The second-order valence-electron chi connectivity index (χ2n) is 5.37. The maximum atomic E-state index is 12.6. The minimum Gasteiger partial charge on any atom is -0.355 e. The third-order valence-corrected chi connectivity index (χ3v) is 4.75. The lowest BCUT2D eigenvalue weighted by Crippen LogP contribution is -2.20. The van der Waals surface area contributed by atoms with Crippen molar-refractivity contribution in [2.75, 3.05) is 12.4 Å². The van der Waals surface area contributed by atoms with Crippen LogP contribution in [0.5, 0.6) is 0 Å². The molecule has 0 bridgehead atoms. The molecule has 0 fully saturated rings. The van der Waals surface area contributed by atoms with Gasteiger partial charge in [0.25, 0.3) is 11.8 Å². The smallest absolute Gasteiger partial charge is 0.273 e. The Kier molecular flexibility index (Phi) is 4.40. The first-order valence-electron chi connectivity index (χ1n) is 7.42. The maximum Gasteiger partial charge on any atom is 0.273 e. The van der Waals surface area contributed by atoms with Crippen molar-refractivity contribution in [3.63, 3.8) is 0 Å². The van der Waals surface area contributed by atoms with Crippen LogP contribution in [0, 0.1) is 6.92 Å². The fourth-order valence-corrected chi connectivity index (χ4v) is 3.23. The summed E-state index contributed by atoms with van der Waals surface area (Å²) in [5.74, 6) is -0.453. The van der Waals surface area contributed by atoms with Crippen molar-refractivity contribution in [1.29, 1.82) is 0 Å². The van der Waals surface area contributed by atoms with Crippen LogP contribution in [0.3, 0.4) is 0 Å². The third kappa shape index (κ3) is 2.80. The quantitative estimate of drug-likeness (QED) is 0.640. The van der Waals surface area contributed by atoms with Gasteiger partial charge in [-0.15, -0.1) is 0 Å². The molecule has 0 spiro atoms. The van der Waals surface area contributed by atoms with Gasteiger partial charge >= 0.3 is 0 Å². The average Bonchev–Trinajstić information content (AvgIpc) is 2.93. The molecule has 3 rings (SSSR count). The summed E-state index contributed by atoms with van der Waals surface area (Å²) >= 11 is 3.48. The molecular weight excluding hydrogens is 370 g/mol. The first-order chi connectivity index (χ1) is 11.5. The number of benzene rings is 2. The number of carbonyl (C=O) groups excluding carboxylic acids is 2. The van der Waals surface area contributed by atoms with Crippen molar-refractivity contribution in [3.05, 3.63) is 63.8 Å². The Morgan fingerprint density at radius 3 is 2.50 bits per heavy atom. The summed E-state index contributed by atoms with van der Waals surface area (Å²) in [6.07, 6.45) is 0. The number of amides is 2. The van der Waals surface area contributed by atoms with E-state index in [1.807, 2.05) is 24.3 Å². The Hall–Kier alpha value is -2.60. The first kappa shape index (κ1) is 16.3. The highest BCUT2D eigenvalue weighted by Gasteiger charge is 2.18. The van der Waals surface area contributed by atoms with E-state index in [2.05, 4.69) is 31.5 Å². The third-order valence-electron chi connectivity index (χ3n) is 3.92. The van der Waals surface area contributed by atoms with Crippen LogP contribution in [0.2, 0.25) is 0 Å². The summed E-state index contributed by atoms with van der Waals surface area (Å²) in [4.78, 5) is 27.6. The van der Waals surface area contributed by atoms with E-state index in [-0.39, 0.29) is 11.8 Å². The van der Waals surface area contributed by atoms with Crippen LogP contribution in [-0.4, -0.2) is 23.8 Å². The van der Waals surface area contributed by atoms with Gasteiger partial charge in [-0.3, -0.25) is 9.59 Å². The molecule has 0 unspecified atom stereocenters. The number of fused-ring (bicyclic) bond motifs is 1. The van der Waals surface area contributed by atoms with Crippen LogP contribution in [0.25, 0.3) is 10.9 Å². The monoisotopic (exact) mass is 385 g/mol. The van der Waals surface area contributed by atoms with Crippen LogP contribution in [0.1, 0.15) is 26.4 Å². The number of H-pyrrole nitrogens is 1. The lowest BCUT2D eigenvalue weighted by atomic mass is 10.1. The minimum atomic E-state index is -0.268. The molecule has 6 heteroatoms. The molecule has 1 aromatic heterocycles. The van der Waals surface area contributed by atoms with Gasteiger partial charge in [0, 0.05) is 29.2 Å². The largest absolute Gasteiger partial charge is 0.355 e. The summed E-state index contributed by atoms with van der Waals surface area (Å²) in [6.45, 7) is 1.81. The van der Waals surface area contributed by atoms with Crippen LogP contribution in [-0.2, 0) is 0 Å². The Labute approximate surface area is 147 Å². The number of aromatic amines is 1. The SMILES string of the molecule is CNC(=O)c1cccc(NC(=O)c2[nH]c3ccccc3c2Br)c1C. The van der Waals surface area contributed by atoms with Gasteiger partial charge in [-0.05, 0) is 46.6 Å². The van der Waals surface area contributed by atoms with Gasteiger partial charge in [0.15, 0.2) is 0 Å². The average molecular weight is 386 g/mol. The molecule has 122 valence electrons. The van der Waals surface area contributed by atoms with E-state index in [1.165, 1.54) is 0 Å². The van der Waals surface area contributed by atoms with E-state index in [0.717, 1.165) is 20.9 Å². The number of aromatic nitrogens is 1. The lowest BCUT2D eigenvalue weighted by molar-refractivity contribution is 0.0960. The molecule has 2 amide bonds. The topological polar surface area (TPSA) is 74.0 Å². The number of hydrogen-bond donors (Lipinski definition) is 3. The van der Waals surface area contributed by atoms with E-state index in [4.69, 9.17) is 0 Å². The summed E-state index contributed by atoms with van der Waals surface area (Å²) in [5.41, 5.74) is 3.18. The van der Waals surface area contributed by atoms with Crippen molar-refractivity contribution in [2.45, 2.75) is 6.92 Å². The number of halogens is 1. The second kappa shape index (κ2) is 6.49. The molecule has 24 heavy (non-hydrogen) atoms. The van der Waals surface area contributed by atoms with Crippen molar-refractivity contribution in [2.24, 2.45) is 0 Å². The standard InChI is InChI=1S/C18H16BrN3O2/c1-10-11(17(23)20-2)7-5-9-13(10)22-18(24)16-15(19)12-6-3-4-8-14(12)21-16/h3-9,21H,1-2H3,(H,20,23)(H,22,24). The molecule has 0 aliphatic rings.